The summed E-state index contributed by atoms with van der Waals surface area (Å²) in [5.41, 5.74) is 0.684. The summed E-state index contributed by atoms with van der Waals surface area (Å²) in [6, 6.07) is 6.18. The number of alkyl carbamates (subject to hydrolysis) is 1. The van der Waals surface area contributed by atoms with Gasteiger partial charge in [0.25, 0.3) is 11.5 Å². The van der Waals surface area contributed by atoms with Crippen molar-refractivity contribution in [2.45, 2.75) is 161 Å². The van der Waals surface area contributed by atoms with Crippen LogP contribution in [0.5, 0.6) is 5.75 Å². The van der Waals surface area contributed by atoms with Gasteiger partial charge in [-0.05, 0) is 85.9 Å². The highest BCUT2D eigenvalue weighted by Crippen LogP contribution is 2.46. The molecule has 2 aromatic heterocycles. The van der Waals surface area contributed by atoms with Crippen molar-refractivity contribution in [3.05, 3.63) is 91.0 Å². The first-order valence-electron chi connectivity index (χ1n) is 27.6. The van der Waals surface area contributed by atoms with Crippen LogP contribution in [0, 0.1) is 24.6 Å². The van der Waals surface area contributed by atoms with Crippen LogP contribution in [0.4, 0.5) is 9.18 Å². The number of rotatable bonds is 18. The molecule has 2 aromatic carbocycles. The Bertz CT molecular complexity index is 3460. The molecule has 25 heteroatoms. The van der Waals surface area contributed by atoms with Crippen LogP contribution in [0.15, 0.2) is 35.1 Å². The van der Waals surface area contributed by atoms with Crippen LogP contribution in [0.2, 0.25) is 0 Å². The predicted octanol–water partition coefficient (Wildman–Crippen LogP) is 4.10. The molecule has 0 saturated carbocycles. The predicted molar refractivity (Wildman–Crippen MR) is 289 cm³/mol. The van der Waals surface area contributed by atoms with E-state index in [4.69, 9.17) is 47.6 Å². The highest BCUT2D eigenvalue weighted by molar-refractivity contribution is 5.97. The lowest BCUT2D eigenvalue weighted by Crippen LogP contribution is -2.63. The van der Waals surface area contributed by atoms with Gasteiger partial charge in [0.05, 0.1) is 40.6 Å². The van der Waals surface area contributed by atoms with Gasteiger partial charge in [-0.2, -0.15) is 0 Å². The molecule has 24 nitrogen and oxygen atoms in total. The van der Waals surface area contributed by atoms with E-state index in [1.54, 1.807) is 19.9 Å². The van der Waals surface area contributed by atoms with Gasteiger partial charge in [-0.25, -0.2) is 19.0 Å². The highest BCUT2D eigenvalue weighted by atomic mass is 19.1. The summed E-state index contributed by atoms with van der Waals surface area (Å²) in [6.07, 6.45) is -4.30. The van der Waals surface area contributed by atoms with Crippen molar-refractivity contribution < 1.29 is 90.5 Å². The normalized spacial score (nSPS) is 22.8. The third-order valence-corrected chi connectivity index (χ3v) is 15.2. The van der Waals surface area contributed by atoms with Crippen molar-refractivity contribution in [1.29, 1.82) is 0 Å². The fourth-order valence-electron chi connectivity index (χ4n) is 11.2. The first-order valence-corrected chi connectivity index (χ1v) is 27.6. The molecule has 84 heavy (non-hydrogen) atoms. The number of hydrogen-bond acceptors (Lipinski definition) is 20. The zero-order valence-electron chi connectivity index (χ0n) is 47.1. The molecule has 0 radical (unpaired) electrons. The number of benzene rings is 2. The number of hydrogen-bond donors (Lipinski definition) is 4. The zero-order valence-corrected chi connectivity index (χ0v) is 47.1. The van der Waals surface area contributed by atoms with Gasteiger partial charge in [0.15, 0.2) is 17.8 Å². The molecule has 3 aliphatic heterocycles. The number of amides is 3. The van der Waals surface area contributed by atoms with Crippen molar-refractivity contribution in [1.82, 2.24) is 25.5 Å². The minimum atomic E-state index is -2.10. The van der Waals surface area contributed by atoms with Gasteiger partial charge < -0.3 is 68.3 Å². The molecule has 9 rings (SSSR count). The van der Waals surface area contributed by atoms with Gasteiger partial charge in [-0.15, -0.1) is 5.92 Å². The molecule has 8 atom stereocenters. The number of nitrogens with zero attached hydrogens (tertiary/aromatic N) is 2. The molecule has 446 valence electrons. The standard InChI is InChI=1S/C59H64FN5O19/c1-7-59(75)40-22-44-50-38(24-65(44)55(72)39(40)26-78-57(59)73)49-42(17-16-36-29(2)41(60)23-43(63-50)48(36)49)64-58(74)79-25-34-15-18-45(37(21-34)54(71)62-20-19-61-47(70)28-77-35-13-11-9-8-10-12-14-35)83-56-53(82-33(6)69)52(81-32(5)68)51(80-31(4)67)46(84-56)27-76-30(3)66/h15,18,21-23,35,42,46,51-53,56,75H,7-11,13,16-17,19-20,24-28H2,1-6H3,(H,61,70)(H,62,71)(H,64,74)/t35?,42-,46+,51+,52-,53+,56+,59-/m0/s1. The van der Waals surface area contributed by atoms with Gasteiger partial charge in [-0.3, -0.25) is 33.6 Å². The lowest BCUT2D eigenvalue weighted by molar-refractivity contribution is -0.288. The highest BCUT2D eigenvalue weighted by Gasteiger charge is 2.54. The zero-order chi connectivity index (χ0) is 60.1. The van der Waals surface area contributed by atoms with Crippen molar-refractivity contribution in [2.24, 2.45) is 0 Å². The van der Waals surface area contributed by atoms with Gasteiger partial charge in [0, 0.05) is 69.8 Å². The maximum absolute atomic E-state index is 15.6. The minimum absolute atomic E-state index is 0.00963. The van der Waals surface area contributed by atoms with Crippen molar-refractivity contribution in [2.75, 3.05) is 26.3 Å². The maximum Gasteiger partial charge on any atom is 0.407 e. The second kappa shape index (κ2) is 25.6. The van der Waals surface area contributed by atoms with Crippen molar-refractivity contribution in [3.8, 4) is 29.0 Å². The summed E-state index contributed by atoms with van der Waals surface area (Å²) in [4.78, 5) is 123. The van der Waals surface area contributed by atoms with Crippen molar-refractivity contribution in [3.63, 3.8) is 0 Å². The second-order valence-electron chi connectivity index (χ2n) is 21.0. The molecule has 5 aliphatic rings. The molecule has 2 aliphatic carbocycles. The quantitative estimate of drug-likeness (QED) is 0.0415. The van der Waals surface area contributed by atoms with Crippen LogP contribution in [-0.2, 0) is 98.4 Å². The molecular formula is C59H64FN5O19. The largest absolute Gasteiger partial charge is 0.463 e. The van der Waals surface area contributed by atoms with E-state index in [0.29, 0.717) is 46.2 Å². The average Bonchev–Trinajstić information content (AvgIpc) is 2.15. The fourth-order valence-corrected chi connectivity index (χ4v) is 11.2. The molecule has 4 N–H and O–H groups in total. The molecule has 1 fully saturated rings. The van der Waals surface area contributed by atoms with E-state index in [1.165, 1.54) is 28.8 Å². The van der Waals surface area contributed by atoms with Gasteiger partial charge in [0.2, 0.25) is 18.3 Å². The summed E-state index contributed by atoms with van der Waals surface area (Å²) in [5.74, 6) is -0.127. The van der Waals surface area contributed by atoms with Crippen LogP contribution in [0.3, 0.4) is 0 Å². The monoisotopic (exact) mass is 1170 g/mol. The number of aliphatic hydroxyl groups is 1. The maximum atomic E-state index is 15.6. The number of aryl methyl sites for hydroxylation is 1. The molecule has 0 spiro atoms. The van der Waals surface area contributed by atoms with Crippen LogP contribution >= 0.6 is 0 Å². The Hall–Kier alpha value is -8.47. The molecule has 1 saturated heterocycles. The van der Waals surface area contributed by atoms with Crippen molar-refractivity contribution >= 4 is 58.7 Å². The van der Waals surface area contributed by atoms with Gasteiger partial charge in [-0.1, -0.05) is 25.3 Å². The summed E-state index contributed by atoms with van der Waals surface area (Å²) in [6.45, 7) is 5.74. The molecular weight excluding hydrogens is 1100 g/mol. The van der Waals surface area contributed by atoms with Crippen LogP contribution < -0.4 is 26.2 Å². The fraction of sp³-hybridized carbons (Fsp3) is 0.492. The summed E-state index contributed by atoms with van der Waals surface area (Å²) in [7, 11) is 0. The number of carbonyl (C=O) groups is 8. The van der Waals surface area contributed by atoms with Crippen LogP contribution in [0.25, 0.3) is 22.3 Å². The Morgan fingerprint density at radius 3 is 2.35 bits per heavy atom. The van der Waals surface area contributed by atoms with E-state index in [1.807, 2.05) is 0 Å². The molecule has 3 amide bonds. The number of pyridine rings is 2. The third kappa shape index (κ3) is 12.8. The summed E-state index contributed by atoms with van der Waals surface area (Å²) in [5, 5.41) is 20.4. The minimum Gasteiger partial charge on any atom is -0.463 e. The van der Waals surface area contributed by atoms with Crippen LogP contribution in [-0.4, -0.2) is 126 Å². The van der Waals surface area contributed by atoms with Gasteiger partial charge in [0.1, 0.15) is 50.2 Å². The Morgan fingerprint density at radius 1 is 0.869 bits per heavy atom. The number of esters is 5. The number of halogens is 1. The van der Waals surface area contributed by atoms with Gasteiger partial charge >= 0.3 is 35.9 Å². The number of ether oxygens (including phenoxy) is 9. The third-order valence-electron chi connectivity index (χ3n) is 15.2. The number of nitrogens with one attached hydrogen (secondary N) is 3. The topological polar surface area (TPSA) is 311 Å². The van der Waals surface area contributed by atoms with E-state index in [9.17, 15) is 48.3 Å². The first-order chi connectivity index (χ1) is 40.1. The molecule has 0 bridgehead atoms. The number of aromatic nitrogens is 2. The molecule has 5 heterocycles. The lowest BCUT2D eigenvalue weighted by atomic mass is 9.81. The van der Waals surface area contributed by atoms with E-state index in [-0.39, 0.29) is 91.0 Å². The summed E-state index contributed by atoms with van der Waals surface area (Å²) < 4.78 is 68.2. The molecule has 1 unspecified atom stereocenters. The van der Waals surface area contributed by atoms with E-state index in [2.05, 4.69) is 27.8 Å². The van der Waals surface area contributed by atoms with Crippen LogP contribution in [0.1, 0.15) is 135 Å². The Labute approximate surface area is 480 Å². The lowest BCUT2D eigenvalue weighted by Gasteiger charge is -2.44. The second-order valence-corrected chi connectivity index (χ2v) is 21.0. The smallest absolute Gasteiger partial charge is 0.407 e. The summed E-state index contributed by atoms with van der Waals surface area (Å²) >= 11 is 0. The number of fused-ring (bicyclic) bond motifs is 5. The number of cyclic esters (lactones) is 1. The van der Waals surface area contributed by atoms with E-state index < -0.39 is 115 Å². The number of carbonyl (C=O) groups excluding carboxylic acids is 8. The Kier molecular flexibility index (Phi) is 18.3. The SMILES string of the molecule is CC[C@@]1(O)C(=O)OCc2c1cc1n(c2=O)Cc2c-1nc1cc(F)c(C)c3c1c2[C@@H](NC(=O)OCc1ccc(O[C@@H]2O[C@H](COC(C)=O)[C@@H](OC(C)=O)[C@H](OC(C)=O)[C@H]2OC(C)=O)c(C(=O)NCCNC(=O)COC2C#CCCCCC2)c1)CC3. The Morgan fingerprint density at radius 2 is 1.61 bits per heavy atom. The van der Waals surface area contributed by atoms with E-state index in [0.717, 1.165) is 53.4 Å². The first kappa shape index (κ1) is 60.1. The Balaban J connectivity index is 0.984. The average molecular weight is 1170 g/mol. The van der Waals surface area contributed by atoms with E-state index >= 15 is 4.39 Å². The molecule has 4 aromatic rings.